The van der Waals surface area contributed by atoms with Crippen LogP contribution in [0.5, 0.6) is 0 Å². The lowest BCUT2D eigenvalue weighted by atomic mass is 9.92. The molecule has 1 aliphatic heterocycles. The number of hydrogen-bond donors (Lipinski definition) is 3. The van der Waals surface area contributed by atoms with Crippen LogP contribution in [-0.4, -0.2) is 35.1 Å². The normalized spacial score (nSPS) is 14.6. The minimum atomic E-state index is -2.73. The second-order valence-electron chi connectivity index (χ2n) is 8.33. The first-order valence-corrected chi connectivity index (χ1v) is 11.9. The number of anilines is 1. The molecule has 3 amide bonds. The summed E-state index contributed by atoms with van der Waals surface area (Å²) in [6, 6.07) is 17.0. The highest BCUT2D eigenvalue weighted by molar-refractivity contribution is 7.13. The average molecular weight is 507 g/mol. The van der Waals surface area contributed by atoms with E-state index in [2.05, 4.69) is 20.3 Å². The van der Waals surface area contributed by atoms with Crippen LogP contribution in [0.4, 0.5) is 14.5 Å². The van der Waals surface area contributed by atoms with Crippen LogP contribution < -0.4 is 16.0 Å². The van der Waals surface area contributed by atoms with E-state index in [1.54, 1.807) is 12.1 Å². The summed E-state index contributed by atoms with van der Waals surface area (Å²) >= 11 is 1.18. The predicted octanol–water partition coefficient (Wildman–Crippen LogP) is 4.68. The fourth-order valence-corrected chi connectivity index (χ4v) is 5.09. The molecule has 0 saturated heterocycles. The topological polar surface area (TPSA) is 100 Å². The van der Waals surface area contributed by atoms with Gasteiger partial charge in [0.25, 0.3) is 24.1 Å². The molecule has 0 radical (unpaired) electrons. The lowest BCUT2D eigenvalue weighted by Gasteiger charge is -2.19. The quantitative estimate of drug-likeness (QED) is 0.353. The molecule has 182 valence electrons. The van der Waals surface area contributed by atoms with Crippen LogP contribution in [0.25, 0.3) is 10.1 Å². The highest BCUT2D eigenvalue weighted by Crippen LogP contribution is 2.39. The van der Waals surface area contributed by atoms with Crippen molar-refractivity contribution in [2.24, 2.45) is 0 Å². The van der Waals surface area contributed by atoms with Crippen LogP contribution in [0.15, 0.2) is 60.7 Å². The molecule has 0 fully saturated rings. The van der Waals surface area contributed by atoms with Crippen LogP contribution >= 0.6 is 11.5 Å². The molecule has 36 heavy (non-hydrogen) atoms. The zero-order chi connectivity index (χ0) is 25.4. The number of carbonyl (C=O) groups excluding carboxylic acids is 3. The highest BCUT2D eigenvalue weighted by atomic mass is 32.1. The Bertz CT molecular complexity index is 1520. The summed E-state index contributed by atoms with van der Waals surface area (Å²) in [6.45, 7) is 1.08. The van der Waals surface area contributed by atoms with Crippen molar-refractivity contribution in [2.75, 3.05) is 11.9 Å². The fraction of sp³-hybridized carbons (Fsp3) is 0.154. The third kappa shape index (κ3) is 4.31. The Hall–Kier alpha value is -4.18. The Kier molecular flexibility index (Phi) is 6.19. The first-order valence-electron chi connectivity index (χ1n) is 11.1. The number of aromatic nitrogens is 1. The maximum atomic E-state index is 13.3. The Morgan fingerprint density at radius 3 is 2.61 bits per heavy atom. The van der Waals surface area contributed by atoms with Gasteiger partial charge in [0.1, 0.15) is 5.69 Å². The third-order valence-electron chi connectivity index (χ3n) is 6.01. The summed E-state index contributed by atoms with van der Waals surface area (Å²) in [7, 11) is 0. The van der Waals surface area contributed by atoms with E-state index in [0.717, 1.165) is 15.8 Å². The number of nitrogens with zero attached hydrogens (tertiary/aromatic N) is 1. The molecule has 0 bridgehead atoms. The lowest BCUT2D eigenvalue weighted by Crippen LogP contribution is -2.29. The van der Waals surface area contributed by atoms with E-state index in [-0.39, 0.29) is 22.5 Å². The van der Waals surface area contributed by atoms with Crippen molar-refractivity contribution in [3.05, 3.63) is 94.2 Å². The van der Waals surface area contributed by atoms with Gasteiger partial charge in [0, 0.05) is 27.8 Å². The molecule has 0 unspecified atom stereocenters. The van der Waals surface area contributed by atoms with Gasteiger partial charge in [-0.3, -0.25) is 14.4 Å². The number of amides is 3. The van der Waals surface area contributed by atoms with Crippen LogP contribution in [0, 0.1) is 6.92 Å². The van der Waals surface area contributed by atoms with Crippen molar-refractivity contribution in [3.8, 4) is 0 Å². The minimum absolute atomic E-state index is 0.0200. The highest BCUT2D eigenvalue weighted by Gasteiger charge is 2.35. The summed E-state index contributed by atoms with van der Waals surface area (Å²) in [5.41, 5.74) is 2.85. The predicted molar refractivity (Wildman–Crippen MR) is 133 cm³/mol. The third-order valence-corrected chi connectivity index (χ3v) is 6.83. The van der Waals surface area contributed by atoms with Gasteiger partial charge in [0.05, 0.1) is 17.3 Å². The SMILES string of the molecule is Cc1ccccc1[C@H]1NC(=O)c2cc(C(=O)NCC(F)F)cc(NC(=O)c3nsc4ccccc34)c21. The number of nitrogens with one attached hydrogen (secondary N) is 3. The molecule has 0 spiro atoms. The van der Waals surface area contributed by atoms with E-state index in [1.807, 2.05) is 43.3 Å². The van der Waals surface area contributed by atoms with Gasteiger partial charge in [-0.05, 0) is 47.8 Å². The number of carbonyl (C=O) groups is 3. The summed E-state index contributed by atoms with van der Waals surface area (Å²) in [6.07, 6.45) is -2.73. The lowest BCUT2D eigenvalue weighted by molar-refractivity contribution is 0.0891. The monoisotopic (exact) mass is 506 g/mol. The van der Waals surface area contributed by atoms with Crippen molar-refractivity contribution in [2.45, 2.75) is 19.4 Å². The van der Waals surface area contributed by atoms with Gasteiger partial charge in [-0.15, -0.1) is 0 Å². The summed E-state index contributed by atoms with van der Waals surface area (Å²) < 4.78 is 30.4. The van der Waals surface area contributed by atoms with E-state index >= 15 is 0 Å². The molecule has 1 atom stereocenters. The molecule has 5 rings (SSSR count). The van der Waals surface area contributed by atoms with Crippen LogP contribution in [0.3, 0.4) is 0 Å². The smallest absolute Gasteiger partial charge is 0.276 e. The van der Waals surface area contributed by atoms with Crippen molar-refractivity contribution in [1.29, 1.82) is 0 Å². The van der Waals surface area contributed by atoms with Crippen LogP contribution in [0.2, 0.25) is 0 Å². The Labute approximate surface area is 208 Å². The number of aryl methyl sites for hydroxylation is 1. The molecule has 1 aliphatic rings. The number of hydrogen-bond acceptors (Lipinski definition) is 5. The van der Waals surface area contributed by atoms with E-state index in [0.29, 0.717) is 10.9 Å². The molecule has 7 nitrogen and oxygen atoms in total. The van der Waals surface area contributed by atoms with Crippen LogP contribution in [-0.2, 0) is 0 Å². The van der Waals surface area contributed by atoms with E-state index in [4.69, 9.17) is 0 Å². The van der Waals surface area contributed by atoms with E-state index < -0.39 is 36.7 Å². The van der Waals surface area contributed by atoms with Gasteiger partial charge in [-0.2, -0.15) is 4.37 Å². The second kappa shape index (κ2) is 9.46. The largest absolute Gasteiger partial charge is 0.346 e. The average Bonchev–Trinajstić information content (AvgIpc) is 3.44. The van der Waals surface area contributed by atoms with Gasteiger partial charge < -0.3 is 16.0 Å². The number of benzene rings is 3. The van der Waals surface area contributed by atoms with Gasteiger partial charge in [-0.25, -0.2) is 8.78 Å². The molecule has 10 heteroatoms. The molecule has 0 aliphatic carbocycles. The number of alkyl halides is 2. The van der Waals surface area contributed by atoms with Gasteiger partial charge >= 0.3 is 0 Å². The van der Waals surface area contributed by atoms with Crippen molar-refractivity contribution in [3.63, 3.8) is 0 Å². The summed E-state index contributed by atoms with van der Waals surface area (Å²) in [5, 5.41) is 8.55. The summed E-state index contributed by atoms with van der Waals surface area (Å²) in [4.78, 5) is 38.9. The Balaban J connectivity index is 1.60. The number of fused-ring (bicyclic) bond motifs is 2. The number of halogens is 2. The van der Waals surface area contributed by atoms with Crippen molar-refractivity contribution in [1.82, 2.24) is 15.0 Å². The molecular weight excluding hydrogens is 486 g/mol. The van der Waals surface area contributed by atoms with E-state index in [9.17, 15) is 23.2 Å². The zero-order valence-corrected chi connectivity index (χ0v) is 19.8. The zero-order valence-electron chi connectivity index (χ0n) is 19.0. The molecular formula is C26H20F2N4O3S. The second-order valence-corrected chi connectivity index (χ2v) is 9.14. The standard InChI is InChI=1S/C26H20F2N4O3S/c1-13-6-2-3-7-15(13)22-21-17(25(34)31-22)10-14(24(33)29-12-20(27)28)11-18(21)30-26(35)23-16-8-4-5-9-19(16)36-32-23/h2-11,20,22H,12H2,1H3,(H,29,33)(H,30,35)(H,31,34)/t22-/m1/s1. The first-order chi connectivity index (χ1) is 17.3. The molecule has 1 aromatic heterocycles. The van der Waals surface area contributed by atoms with Gasteiger partial charge in [-0.1, -0.05) is 42.5 Å². The Morgan fingerprint density at radius 1 is 1.08 bits per heavy atom. The minimum Gasteiger partial charge on any atom is -0.346 e. The van der Waals surface area contributed by atoms with Crippen molar-refractivity contribution >= 4 is 45.0 Å². The molecule has 3 aromatic carbocycles. The van der Waals surface area contributed by atoms with Gasteiger partial charge in [0.2, 0.25) is 0 Å². The molecule has 3 N–H and O–H groups in total. The Morgan fingerprint density at radius 2 is 1.83 bits per heavy atom. The maximum Gasteiger partial charge on any atom is 0.276 e. The molecule has 4 aromatic rings. The van der Waals surface area contributed by atoms with E-state index in [1.165, 1.54) is 23.7 Å². The summed E-state index contributed by atoms with van der Waals surface area (Å²) in [5.74, 6) is -1.72. The number of rotatable bonds is 6. The molecule has 0 saturated carbocycles. The van der Waals surface area contributed by atoms with Crippen LogP contribution in [0.1, 0.15) is 53.9 Å². The molecule has 2 heterocycles. The fourth-order valence-electron chi connectivity index (χ4n) is 4.31. The first kappa shape index (κ1) is 23.6. The van der Waals surface area contributed by atoms with Crippen molar-refractivity contribution < 1.29 is 23.2 Å². The van der Waals surface area contributed by atoms with Gasteiger partial charge in [0.15, 0.2) is 0 Å². The maximum absolute atomic E-state index is 13.3.